The first kappa shape index (κ1) is 15.7. The highest BCUT2D eigenvalue weighted by Crippen LogP contribution is 2.62. The van der Waals surface area contributed by atoms with Crippen molar-refractivity contribution in [2.75, 3.05) is 13.7 Å². The van der Waals surface area contributed by atoms with Gasteiger partial charge in [0.1, 0.15) is 6.04 Å². The highest BCUT2D eigenvalue weighted by atomic mass is 35.5. The van der Waals surface area contributed by atoms with E-state index in [1.807, 2.05) is 0 Å². The Morgan fingerprint density at radius 3 is 2.12 bits per heavy atom. The second kappa shape index (κ2) is 4.90. The Balaban J connectivity index is 0.00000225. The SMILES string of the molecule is COCC(N)C(=O)NC1C(C)(C)C1(C)C.Cl. The third-order valence-electron chi connectivity index (χ3n) is 3.99. The molecule has 1 amide bonds. The van der Waals surface area contributed by atoms with Crippen LogP contribution in [0.2, 0.25) is 0 Å². The van der Waals surface area contributed by atoms with E-state index in [9.17, 15) is 4.79 Å². The average molecular weight is 251 g/mol. The molecule has 16 heavy (non-hydrogen) atoms. The van der Waals surface area contributed by atoms with Gasteiger partial charge >= 0.3 is 0 Å². The summed E-state index contributed by atoms with van der Waals surface area (Å²) in [6.07, 6.45) is 0. The summed E-state index contributed by atoms with van der Waals surface area (Å²) in [5.74, 6) is -0.125. The maximum atomic E-state index is 11.6. The fourth-order valence-corrected chi connectivity index (χ4v) is 2.06. The van der Waals surface area contributed by atoms with Gasteiger partial charge in [0, 0.05) is 13.2 Å². The number of nitrogens with two attached hydrogens (primary N) is 1. The topological polar surface area (TPSA) is 64.3 Å². The first-order valence-corrected chi connectivity index (χ1v) is 5.30. The number of halogens is 1. The Morgan fingerprint density at radius 1 is 1.38 bits per heavy atom. The van der Waals surface area contributed by atoms with Gasteiger partial charge in [0.05, 0.1) is 6.61 Å². The molecule has 5 heteroatoms. The molecule has 1 aliphatic carbocycles. The number of nitrogens with one attached hydrogen (secondary N) is 1. The van der Waals surface area contributed by atoms with Crippen molar-refractivity contribution in [2.45, 2.75) is 39.8 Å². The zero-order valence-electron chi connectivity index (χ0n) is 10.7. The van der Waals surface area contributed by atoms with Crippen molar-refractivity contribution in [2.24, 2.45) is 16.6 Å². The van der Waals surface area contributed by atoms with Crippen LogP contribution in [-0.2, 0) is 9.53 Å². The molecule has 0 heterocycles. The normalized spacial score (nSPS) is 23.1. The molecule has 0 aromatic rings. The molecule has 1 rings (SSSR count). The summed E-state index contributed by atoms with van der Waals surface area (Å²) >= 11 is 0. The lowest BCUT2D eigenvalue weighted by molar-refractivity contribution is -0.123. The van der Waals surface area contributed by atoms with Crippen molar-refractivity contribution < 1.29 is 9.53 Å². The summed E-state index contributed by atoms with van der Waals surface area (Å²) in [6.45, 7) is 8.87. The van der Waals surface area contributed by atoms with Crippen molar-refractivity contribution in [3.8, 4) is 0 Å². The number of amides is 1. The number of hydrogen-bond acceptors (Lipinski definition) is 3. The maximum absolute atomic E-state index is 11.6. The Kier molecular flexibility index (Phi) is 4.80. The molecular formula is C11H23ClN2O2. The molecule has 0 aromatic heterocycles. The van der Waals surface area contributed by atoms with Crippen molar-refractivity contribution >= 4 is 18.3 Å². The van der Waals surface area contributed by atoms with Crippen LogP contribution in [0.4, 0.5) is 0 Å². The molecule has 3 N–H and O–H groups in total. The van der Waals surface area contributed by atoms with Gasteiger partial charge in [-0.1, -0.05) is 27.7 Å². The average Bonchev–Trinajstić information content (AvgIpc) is 2.48. The van der Waals surface area contributed by atoms with E-state index in [0.717, 1.165) is 0 Å². The summed E-state index contributed by atoms with van der Waals surface area (Å²) in [4.78, 5) is 11.6. The molecule has 1 saturated carbocycles. The third kappa shape index (κ3) is 2.50. The number of methoxy groups -OCH3 is 1. The van der Waals surface area contributed by atoms with E-state index in [0.29, 0.717) is 0 Å². The molecule has 1 unspecified atom stereocenters. The van der Waals surface area contributed by atoms with Crippen LogP contribution in [0.3, 0.4) is 0 Å². The molecule has 0 spiro atoms. The van der Waals surface area contributed by atoms with Crippen molar-refractivity contribution in [1.29, 1.82) is 0 Å². The quantitative estimate of drug-likeness (QED) is 0.780. The van der Waals surface area contributed by atoms with Crippen LogP contribution in [0, 0.1) is 10.8 Å². The minimum atomic E-state index is -0.567. The summed E-state index contributed by atoms with van der Waals surface area (Å²) < 4.78 is 4.84. The van der Waals surface area contributed by atoms with E-state index in [4.69, 9.17) is 10.5 Å². The van der Waals surface area contributed by atoms with E-state index >= 15 is 0 Å². The Labute approximate surface area is 104 Å². The van der Waals surface area contributed by atoms with E-state index in [1.54, 1.807) is 0 Å². The zero-order valence-corrected chi connectivity index (χ0v) is 11.5. The minimum absolute atomic E-state index is 0. The largest absolute Gasteiger partial charge is 0.383 e. The summed E-state index contributed by atoms with van der Waals surface area (Å²) in [7, 11) is 1.54. The molecule has 4 nitrogen and oxygen atoms in total. The predicted molar refractivity (Wildman–Crippen MR) is 66.6 cm³/mol. The van der Waals surface area contributed by atoms with Gasteiger partial charge in [-0.25, -0.2) is 0 Å². The van der Waals surface area contributed by atoms with Gasteiger partial charge in [-0.15, -0.1) is 12.4 Å². The molecule has 1 aliphatic rings. The molecule has 0 saturated heterocycles. The summed E-state index contributed by atoms with van der Waals surface area (Å²) in [5.41, 5.74) is 5.94. The van der Waals surface area contributed by atoms with Crippen LogP contribution in [0.15, 0.2) is 0 Å². The molecule has 0 aliphatic heterocycles. The van der Waals surface area contributed by atoms with Gasteiger partial charge in [0.2, 0.25) is 5.91 Å². The second-order valence-electron chi connectivity index (χ2n) is 5.45. The van der Waals surface area contributed by atoms with Crippen molar-refractivity contribution in [1.82, 2.24) is 5.32 Å². The van der Waals surface area contributed by atoms with E-state index < -0.39 is 6.04 Å². The van der Waals surface area contributed by atoms with Gasteiger partial charge < -0.3 is 15.8 Å². The minimum Gasteiger partial charge on any atom is -0.383 e. The van der Waals surface area contributed by atoms with Crippen molar-refractivity contribution in [3.63, 3.8) is 0 Å². The second-order valence-corrected chi connectivity index (χ2v) is 5.45. The fraction of sp³-hybridized carbons (Fsp3) is 0.909. The van der Waals surface area contributed by atoms with E-state index in [-0.39, 0.29) is 41.8 Å². The van der Waals surface area contributed by atoms with E-state index in [1.165, 1.54) is 7.11 Å². The number of hydrogen-bond donors (Lipinski definition) is 2. The Morgan fingerprint density at radius 2 is 1.81 bits per heavy atom. The third-order valence-corrected chi connectivity index (χ3v) is 3.99. The van der Waals surface area contributed by atoms with Gasteiger partial charge in [-0.05, 0) is 10.8 Å². The lowest BCUT2D eigenvalue weighted by Gasteiger charge is -2.12. The van der Waals surface area contributed by atoms with Crippen molar-refractivity contribution in [3.05, 3.63) is 0 Å². The predicted octanol–water partition coefficient (Wildman–Crippen LogP) is 0.933. The van der Waals surface area contributed by atoms with Gasteiger partial charge in [-0.3, -0.25) is 4.79 Å². The summed E-state index contributed by atoms with van der Waals surface area (Å²) in [5, 5.41) is 2.98. The van der Waals surface area contributed by atoms with Crippen LogP contribution < -0.4 is 11.1 Å². The van der Waals surface area contributed by atoms with E-state index in [2.05, 4.69) is 33.0 Å². The highest BCUT2D eigenvalue weighted by molar-refractivity contribution is 5.85. The number of carbonyl (C=O) groups excluding carboxylic acids is 1. The molecule has 1 fully saturated rings. The number of carbonyl (C=O) groups is 1. The Hall–Kier alpha value is -0.320. The van der Waals surface area contributed by atoms with Crippen LogP contribution in [0.1, 0.15) is 27.7 Å². The van der Waals surface area contributed by atoms with Gasteiger partial charge in [0.25, 0.3) is 0 Å². The molecule has 96 valence electrons. The molecular weight excluding hydrogens is 228 g/mol. The molecule has 0 radical (unpaired) electrons. The standard InChI is InChI=1S/C11H22N2O2.ClH/c1-10(2)9(11(10,3)4)13-8(14)7(12)6-15-5;/h7,9H,6,12H2,1-5H3,(H,13,14);1H. The molecule has 0 aromatic carbocycles. The Bertz CT molecular complexity index is 253. The number of ether oxygens (including phenoxy) is 1. The monoisotopic (exact) mass is 250 g/mol. The van der Waals surface area contributed by atoms with Gasteiger partial charge in [-0.2, -0.15) is 0 Å². The number of rotatable bonds is 4. The van der Waals surface area contributed by atoms with Crippen LogP contribution in [-0.4, -0.2) is 31.7 Å². The smallest absolute Gasteiger partial charge is 0.239 e. The maximum Gasteiger partial charge on any atom is 0.239 e. The lowest BCUT2D eigenvalue weighted by atomic mass is 10.0. The van der Waals surface area contributed by atoms with Crippen LogP contribution in [0.25, 0.3) is 0 Å². The zero-order chi connectivity index (χ0) is 11.9. The van der Waals surface area contributed by atoms with Gasteiger partial charge in [0.15, 0.2) is 0 Å². The molecule has 0 bridgehead atoms. The first-order chi connectivity index (χ1) is 6.75. The fourth-order valence-electron chi connectivity index (χ4n) is 2.06. The van der Waals surface area contributed by atoms with Crippen LogP contribution in [0.5, 0.6) is 0 Å². The summed E-state index contributed by atoms with van der Waals surface area (Å²) in [6, 6.07) is -0.359. The lowest BCUT2D eigenvalue weighted by Crippen LogP contribution is -2.45. The first-order valence-electron chi connectivity index (χ1n) is 5.30. The highest BCUT2D eigenvalue weighted by Gasteiger charge is 2.65. The van der Waals surface area contributed by atoms with Crippen LogP contribution >= 0.6 is 12.4 Å². The molecule has 1 atom stereocenters.